The molecule has 6 nitrogen and oxygen atoms in total. The molecule has 1 aliphatic rings. The van der Waals surface area contributed by atoms with Crippen LogP contribution in [-0.2, 0) is 11.3 Å². The summed E-state index contributed by atoms with van der Waals surface area (Å²) < 4.78 is 5.66. The van der Waals surface area contributed by atoms with Crippen molar-refractivity contribution in [2.75, 3.05) is 19.7 Å². The van der Waals surface area contributed by atoms with Crippen LogP contribution in [0.15, 0.2) is 41.9 Å². The number of hydrogen-bond donors (Lipinski definition) is 3. The predicted molar refractivity (Wildman–Crippen MR) is 112 cm³/mol. The molecule has 0 radical (unpaired) electrons. The summed E-state index contributed by atoms with van der Waals surface area (Å²) in [6.07, 6.45) is 3.09. The molecule has 1 aliphatic heterocycles. The summed E-state index contributed by atoms with van der Waals surface area (Å²) in [5.74, 6) is 1.68. The van der Waals surface area contributed by atoms with Gasteiger partial charge in [0.2, 0.25) is 5.91 Å². The van der Waals surface area contributed by atoms with E-state index in [9.17, 15) is 4.79 Å². The summed E-state index contributed by atoms with van der Waals surface area (Å²) in [4.78, 5) is 15.9. The Labute approximate surface area is 166 Å². The third-order valence-corrected chi connectivity index (χ3v) is 3.69. The third kappa shape index (κ3) is 7.33. The van der Waals surface area contributed by atoms with Crippen LogP contribution in [0.3, 0.4) is 0 Å². The molecule has 1 aromatic rings. The molecule has 7 heteroatoms. The summed E-state index contributed by atoms with van der Waals surface area (Å²) in [5, 5.41) is 9.49. The van der Waals surface area contributed by atoms with Crippen LogP contribution in [0.1, 0.15) is 25.3 Å². The first-order chi connectivity index (χ1) is 11.7. The van der Waals surface area contributed by atoms with E-state index < -0.39 is 0 Å². The Bertz CT molecular complexity index is 582. The number of rotatable bonds is 7. The summed E-state index contributed by atoms with van der Waals surface area (Å²) in [6.45, 7) is 8.09. The maximum atomic E-state index is 11.2. The Hall–Kier alpha value is -1.77. The number of ether oxygens (including phenoxy) is 1. The number of guanidine groups is 1. The highest BCUT2D eigenvalue weighted by atomic mass is 127. The van der Waals surface area contributed by atoms with Gasteiger partial charge in [-0.3, -0.25) is 4.79 Å². The van der Waals surface area contributed by atoms with Crippen molar-refractivity contribution in [1.82, 2.24) is 16.0 Å². The fourth-order valence-electron chi connectivity index (χ4n) is 2.46. The van der Waals surface area contributed by atoms with Crippen LogP contribution in [0.2, 0.25) is 0 Å². The Balaban J connectivity index is 0.00000312. The van der Waals surface area contributed by atoms with Crippen molar-refractivity contribution >= 4 is 35.8 Å². The van der Waals surface area contributed by atoms with E-state index in [-0.39, 0.29) is 35.9 Å². The summed E-state index contributed by atoms with van der Waals surface area (Å²) >= 11 is 0. The second kappa shape index (κ2) is 11.7. The number of piperidine rings is 1. The Morgan fingerprint density at radius 3 is 2.96 bits per heavy atom. The number of amides is 1. The zero-order valence-corrected chi connectivity index (χ0v) is 16.9. The van der Waals surface area contributed by atoms with Crippen LogP contribution in [0.25, 0.3) is 0 Å². The largest absolute Gasteiger partial charge is 0.489 e. The van der Waals surface area contributed by atoms with Crippen LogP contribution in [0, 0.1) is 0 Å². The quantitative estimate of drug-likeness (QED) is 0.254. The molecule has 0 bridgehead atoms. The molecule has 1 atom stereocenters. The van der Waals surface area contributed by atoms with E-state index in [2.05, 4.69) is 27.5 Å². The van der Waals surface area contributed by atoms with Gasteiger partial charge in [-0.15, -0.1) is 24.0 Å². The van der Waals surface area contributed by atoms with Crippen LogP contribution >= 0.6 is 24.0 Å². The zero-order valence-electron chi connectivity index (χ0n) is 14.6. The van der Waals surface area contributed by atoms with Gasteiger partial charge >= 0.3 is 0 Å². The maximum absolute atomic E-state index is 11.2. The van der Waals surface area contributed by atoms with E-state index in [0.29, 0.717) is 26.1 Å². The highest BCUT2D eigenvalue weighted by molar-refractivity contribution is 14.0. The number of nitrogens with zero attached hydrogens (tertiary/aromatic N) is 1. The molecule has 1 saturated heterocycles. The number of nitrogens with one attached hydrogen (secondary N) is 3. The van der Waals surface area contributed by atoms with Crippen LogP contribution in [0.5, 0.6) is 5.75 Å². The monoisotopic (exact) mass is 458 g/mol. The average Bonchev–Trinajstić information content (AvgIpc) is 2.60. The number of hydrogen-bond acceptors (Lipinski definition) is 3. The molecular formula is C18H27IN4O2. The zero-order chi connectivity index (χ0) is 17.2. The van der Waals surface area contributed by atoms with E-state index in [4.69, 9.17) is 4.74 Å². The molecule has 1 heterocycles. The van der Waals surface area contributed by atoms with E-state index in [0.717, 1.165) is 30.2 Å². The van der Waals surface area contributed by atoms with Crippen LogP contribution < -0.4 is 20.7 Å². The van der Waals surface area contributed by atoms with Crippen molar-refractivity contribution in [3.8, 4) is 5.75 Å². The van der Waals surface area contributed by atoms with E-state index >= 15 is 0 Å². The van der Waals surface area contributed by atoms with Crippen LogP contribution in [-0.4, -0.2) is 37.6 Å². The molecule has 0 aromatic heterocycles. The molecule has 25 heavy (non-hydrogen) atoms. The van der Waals surface area contributed by atoms with E-state index in [1.165, 1.54) is 0 Å². The molecule has 2 rings (SSSR count). The first-order valence-electron chi connectivity index (χ1n) is 8.36. The van der Waals surface area contributed by atoms with Crippen molar-refractivity contribution in [2.24, 2.45) is 4.99 Å². The normalized spacial score (nSPS) is 17.1. The van der Waals surface area contributed by atoms with E-state index in [1.807, 2.05) is 31.2 Å². The van der Waals surface area contributed by atoms with Crippen molar-refractivity contribution < 1.29 is 9.53 Å². The number of benzene rings is 1. The first-order valence-corrected chi connectivity index (χ1v) is 8.36. The Morgan fingerprint density at radius 2 is 2.28 bits per heavy atom. The predicted octanol–water partition coefficient (Wildman–Crippen LogP) is 2.20. The second-order valence-electron chi connectivity index (χ2n) is 5.59. The Morgan fingerprint density at radius 1 is 1.48 bits per heavy atom. The first kappa shape index (κ1) is 21.3. The van der Waals surface area contributed by atoms with Gasteiger partial charge in [0, 0.05) is 31.1 Å². The minimum absolute atomic E-state index is 0. The number of aliphatic imine (C=N–C) groups is 1. The lowest BCUT2D eigenvalue weighted by Gasteiger charge is -2.25. The topological polar surface area (TPSA) is 74.8 Å². The lowest BCUT2D eigenvalue weighted by atomic mass is 10.1. The molecule has 0 spiro atoms. The number of carbonyl (C=O) groups is 1. The molecule has 1 aromatic carbocycles. The second-order valence-corrected chi connectivity index (χ2v) is 5.59. The highest BCUT2D eigenvalue weighted by Gasteiger charge is 2.18. The molecule has 3 N–H and O–H groups in total. The smallest absolute Gasteiger partial charge is 0.220 e. The third-order valence-electron chi connectivity index (χ3n) is 3.69. The van der Waals surface area contributed by atoms with Gasteiger partial charge in [-0.1, -0.05) is 30.9 Å². The SMILES string of the molecule is C=CCOc1ccccc1CN=C(NCC)NC1CCC(=O)NC1.I. The van der Waals surface area contributed by atoms with Gasteiger partial charge in [-0.2, -0.15) is 0 Å². The van der Waals surface area contributed by atoms with Gasteiger partial charge in [0.05, 0.1) is 6.54 Å². The Kier molecular flexibility index (Phi) is 9.98. The summed E-state index contributed by atoms with van der Waals surface area (Å²) in [6, 6.07) is 8.06. The molecule has 1 unspecified atom stereocenters. The maximum Gasteiger partial charge on any atom is 0.220 e. The van der Waals surface area contributed by atoms with Crippen molar-refractivity contribution in [1.29, 1.82) is 0 Å². The lowest BCUT2D eigenvalue weighted by Crippen LogP contribution is -2.51. The highest BCUT2D eigenvalue weighted by Crippen LogP contribution is 2.18. The van der Waals surface area contributed by atoms with Gasteiger partial charge in [-0.25, -0.2) is 4.99 Å². The van der Waals surface area contributed by atoms with Crippen LogP contribution in [0.4, 0.5) is 0 Å². The average molecular weight is 458 g/mol. The fraction of sp³-hybridized carbons (Fsp3) is 0.444. The van der Waals surface area contributed by atoms with Crippen molar-refractivity contribution in [3.05, 3.63) is 42.5 Å². The minimum Gasteiger partial charge on any atom is -0.489 e. The van der Waals surface area contributed by atoms with E-state index in [1.54, 1.807) is 6.08 Å². The van der Waals surface area contributed by atoms with Gasteiger partial charge in [0.15, 0.2) is 5.96 Å². The molecule has 1 fully saturated rings. The van der Waals surface area contributed by atoms with Gasteiger partial charge in [-0.05, 0) is 19.4 Å². The molecule has 0 saturated carbocycles. The standard InChI is InChI=1S/C18H26N4O2.HI/c1-3-11-24-16-8-6-5-7-14(16)12-21-18(19-4-2)22-15-9-10-17(23)20-13-15;/h3,5-8,15H,1,4,9-13H2,2H3,(H,20,23)(H2,19,21,22);1H. The van der Waals surface area contributed by atoms with Crippen molar-refractivity contribution in [2.45, 2.75) is 32.4 Å². The summed E-state index contributed by atoms with van der Waals surface area (Å²) in [7, 11) is 0. The number of halogens is 1. The molecule has 0 aliphatic carbocycles. The van der Waals surface area contributed by atoms with Gasteiger partial charge < -0.3 is 20.7 Å². The molecular weight excluding hydrogens is 431 g/mol. The molecule has 138 valence electrons. The van der Waals surface area contributed by atoms with Gasteiger partial charge in [0.1, 0.15) is 12.4 Å². The number of para-hydroxylation sites is 1. The minimum atomic E-state index is 0. The van der Waals surface area contributed by atoms with Crippen molar-refractivity contribution in [3.63, 3.8) is 0 Å². The number of carbonyl (C=O) groups excluding carboxylic acids is 1. The lowest BCUT2D eigenvalue weighted by molar-refractivity contribution is -0.122. The summed E-state index contributed by atoms with van der Waals surface area (Å²) in [5.41, 5.74) is 1.02. The fourth-order valence-corrected chi connectivity index (χ4v) is 2.46. The van der Waals surface area contributed by atoms with Gasteiger partial charge in [0.25, 0.3) is 0 Å². The molecule has 1 amide bonds.